The van der Waals surface area contributed by atoms with Crippen LogP contribution in [-0.2, 0) is 17.9 Å². The minimum Gasteiger partial charge on any atom is -0.497 e. The van der Waals surface area contributed by atoms with Crippen LogP contribution in [0, 0.1) is 6.92 Å². The second-order valence-corrected chi connectivity index (χ2v) is 5.78. The molecule has 0 saturated carbocycles. The zero-order chi connectivity index (χ0) is 16.9. The van der Waals surface area contributed by atoms with Gasteiger partial charge in [0.2, 0.25) is 0 Å². The molecular formula is C19H22N2O3. The van der Waals surface area contributed by atoms with E-state index in [0.717, 1.165) is 28.2 Å². The molecule has 1 N–H and O–H groups in total. The highest BCUT2D eigenvalue weighted by atomic mass is 16.5. The van der Waals surface area contributed by atoms with Crippen molar-refractivity contribution >= 4 is 11.0 Å². The number of aryl methyl sites for hydroxylation is 1. The highest BCUT2D eigenvalue weighted by Crippen LogP contribution is 2.16. The average molecular weight is 326 g/mol. The van der Waals surface area contributed by atoms with Crippen LogP contribution < -0.4 is 4.74 Å². The molecule has 2 aromatic carbocycles. The molecule has 1 aromatic heterocycles. The molecule has 5 nitrogen and oxygen atoms in total. The lowest BCUT2D eigenvalue weighted by atomic mass is 10.2. The Morgan fingerprint density at radius 3 is 2.62 bits per heavy atom. The van der Waals surface area contributed by atoms with Gasteiger partial charge in [0.15, 0.2) is 0 Å². The summed E-state index contributed by atoms with van der Waals surface area (Å²) in [5.41, 5.74) is 3.03. The molecule has 1 unspecified atom stereocenters. The summed E-state index contributed by atoms with van der Waals surface area (Å²) >= 11 is 0. The van der Waals surface area contributed by atoms with E-state index in [1.807, 2.05) is 60.0 Å². The van der Waals surface area contributed by atoms with Crippen molar-refractivity contribution in [2.45, 2.75) is 26.2 Å². The fraction of sp³-hybridized carbons (Fsp3) is 0.316. The number of para-hydroxylation sites is 2. The van der Waals surface area contributed by atoms with Gasteiger partial charge in [-0.2, -0.15) is 0 Å². The largest absolute Gasteiger partial charge is 0.497 e. The Bertz CT molecular complexity index is 796. The van der Waals surface area contributed by atoms with Crippen molar-refractivity contribution in [2.75, 3.05) is 13.7 Å². The first-order chi connectivity index (χ1) is 11.7. The molecule has 1 atom stereocenters. The van der Waals surface area contributed by atoms with E-state index in [-0.39, 0.29) is 6.61 Å². The van der Waals surface area contributed by atoms with Crippen molar-refractivity contribution in [2.24, 2.45) is 0 Å². The van der Waals surface area contributed by atoms with Crippen LogP contribution in [0.5, 0.6) is 5.75 Å². The maximum absolute atomic E-state index is 10.3. The Morgan fingerprint density at radius 1 is 1.12 bits per heavy atom. The summed E-state index contributed by atoms with van der Waals surface area (Å²) in [6, 6.07) is 15.6. The molecule has 126 valence electrons. The fourth-order valence-corrected chi connectivity index (χ4v) is 2.72. The molecule has 0 fully saturated rings. The van der Waals surface area contributed by atoms with Gasteiger partial charge in [-0.15, -0.1) is 0 Å². The Morgan fingerprint density at radius 2 is 1.88 bits per heavy atom. The van der Waals surface area contributed by atoms with E-state index in [1.165, 1.54) is 0 Å². The molecule has 24 heavy (non-hydrogen) atoms. The van der Waals surface area contributed by atoms with Crippen LogP contribution in [0.25, 0.3) is 11.0 Å². The van der Waals surface area contributed by atoms with Gasteiger partial charge in [0.05, 0.1) is 44.0 Å². The number of fused-ring (bicyclic) bond motifs is 1. The second kappa shape index (κ2) is 7.47. The van der Waals surface area contributed by atoms with Crippen LogP contribution in [0.1, 0.15) is 11.4 Å². The molecule has 1 heterocycles. The van der Waals surface area contributed by atoms with Gasteiger partial charge in [-0.05, 0) is 36.8 Å². The molecular weight excluding hydrogens is 304 g/mol. The first-order valence-electron chi connectivity index (χ1n) is 7.98. The monoisotopic (exact) mass is 326 g/mol. The Balaban J connectivity index is 1.55. The van der Waals surface area contributed by atoms with Gasteiger partial charge in [0, 0.05) is 0 Å². The van der Waals surface area contributed by atoms with E-state index in [4.69, 9.17) is 9.47 Å². The van der Waals surface area contributed by atoms with Gasteiger partial charge in [0.25, 0.3) is 0 Å². The van der Waals surface area contributed by atoms with Gasteiger partial charge in [-0.25, -0.2) is 4.98 Å². The minimum absolute atomic E-state index is 0.276. The molecule has 0 saturated heterocycles. The second-order valence-electron chi connectivity index (χ2n) is 5.78. The normalized spacial score (nSPS) is 12.5. The molecule has 3 rings (SSSR count). The van der Waals surface area contributed by atoms with Crippen LogP contribution in [0.3, 0.4) is 0 Å². The Hall–Kier alpha value is -2.37. The quantitative estimate of drug-likeness (QED) is 0.725. The molecule has 0 aliphatic heterocycles. The van der Waals surface area contributed by atoms with Crippen molar-refractivity contribution < 1.29 is 14.6 Å². The lowest BCUT2D eigenvalue weighted by Crippen LogP contribution is -2.22. The number of rotatable bonds is 7. The minimum atomic E-state index is -0.584. The first-order valence-corrected chi connectivity index (χ1v) is 7.98. The van der Waals surface area contributed by atoms with E-state index in [0.29, 0.717) is 13.2 Å². The van der Waals surface area contributed by atoms with Crippen molar-refractivity contribution in [1.29, 1.82) is 0 Å². The number of nitrogens with zero attached hydrogens (tertiary/aromatic N) is 2. The van der Waals surface area contributed by atoms with Gasteiger partial charge >= 0.3 is 0 Å². The van der Waals surface area contributed by atoms with Crippen LogP contribution in [-0.4, -0.2) is 34.5 Å². The zero-order valence-electron chi connectivity index (χ0n) is 14.0. The fourth-order valence-electron chi connectivity index (χ4n) is 2.72. The topological polar surface area (TPSA) is 56.5 Å². The standard InChI is InChI=1S/C19H22N2O3/c1-14-20-18-5-3-4-6-19(18)21(14)11-16(22)13-24-12-15-7-9-17(23-2)10-8-15/h3-10,16,22H,11-13H2,1-2H3. The number of hydrogen-bond donors (Lipinski definition) is 1. The van der Waals surface area contributed by atoms with Gasteiger partial charge < -0.3 is 19.1 Å². The van der Waals surface area contributed by atoms with Crippen molar-refractivity contribution in [3.8, 4) is 5.75 Å². The SMILES string of the molecule is COc1ccc(COCC(O)Cn2c(C)nc3ccccc32)cc1. The summed E-state index contributed by atoms with van der Waals surface area (Å²) in [7, 11) is 1.64. The number of imidazole rings is 1. The third kappa shape index (κ3) is 3.75. The van der Waals surface area contributed by atoms with Crippen LogP contribution in [0.4, 0.5) is 0 Å². The van der Waals surface area contributed by atoms with Crippen LogP contribution >= 0.6 is 0 Å². The molecule has 0 radical (unpaired) electrons. The number of aliphatic hydroxyl groups is 1. The summed E-state index contributed by atoms with van der Waals surface area (Å²) in [6.45, 7) is 3.16. The van der Waals surface area contributed by atoms with E-state index in [2.05, 4.69) is 4.98 Å². The summed E-state index contributed by atoms with van der Waals surface area (Å²) in [4.78, 5) is 4.51. The zero-order valence-corrected chi connectivity index (χ0v) is 14.0. The predicted octanol–water partition coefficient (Wildman–Crippen LogP) is 2.93. The number of hydrogen-bond acceptors (Lipinski definition) is 4. The van der Waals surface area contributed by atoms with Crippen molar-refractivity contribution in [3.05, 3.63) is 59.9 Å². The predicted molar refractivity (Wildman–Crippen MR) is 93.1 cm³/mol. The molecule has 0 aliphatic rings. The highest BCUT2D eigenvalue weighted by Gasteiger charge is 2.11. The summed E-state index contributed by atoms with van der Waals surface area (Å²) in [5, 5.41) is 10.3. The molecule has 0 bridgehead atoms. The Kier molecular flexibility index (Phi) is 5.13. The lowest BCUT2D eigenvalue weighted by molar-refractivity contribution is 0.0206. The third-order valence-corrected chi connectivity index (χ3v) is 3.98. The molecule has 5 heteroatoms. The number of benzene rings is 2. The summed E-state index contributed by atoms with van der Waals surface area (Å²) < 4.78 is 12.8. The van der Waals surface area contributed by atoms with Gasteiger partial charge in [-0.1, -0.05) is 24.3 Å². The first kappa shape index (κ1) is 16.5. The summed E-state index contributed by atoms with van der Waals surface area (Å²) in [6.07, 6.45) is -0.584. The molecule has 0 aliphatic carbocycles. The molecule has 0 spiro atoms. The smallest absolute Gasteiger partial charge is 0.118 e. The molecule has 3 aromatic rings. The highest BCUT2D eigenvalue weighted by molar-refractivity contribution is 5.75. The number of ether oxygens (including phenoxy) is 2. The lowest BCUT2D eigenvalue weighted by Gasteiger charge is -2.14. The van der Waals surface area contributed by atoms with Crippen molar-refractivity contribution in [3.63, 3.8) is 0 Å². The van der Waals surface area contributed by atoms with E-state index >= 15 is 0 Å². The number of methoxy groups -OCH3 is 1. The third-order valence-electron chi connectivity index (χ3n) is 3.98. The molecule has 0 amide bonds. The maximum atomic E-state index is 10.3. The van der Waals surface area contributed by atoms with Gasteiger partial charge in [-0.3, -0.25) is 0 Å². The summed E-state index contributed by atoms with van der Waals surface area (Å²) in [5.74, 6) is 1.71. The van der Waals surface area contributed by atoms with E-state index < -0.39 is 6.10 Å². The van der Waals surface area contributed by atoms with E-state index in [1.54, 1.807) is 7.11 Å². The number of aliphatic hydroxyl groups excluding tert-OH is 1. The van der Waals surface area contributed by atoms with Crippen LogP contribution in [0.2, 0.25) is 0 Å². The van der Waals surface area contributed by atoms with Crippen LogP contribution in [0.15, 0.2) is 48.5 Å². The number of aromatic nitrogens is 2. The van der Waals surface area contributed by atoms with Crippen molar-refractivity contribution in [1.82, 2.24) is 9.55 Å². The Labute approximate surface area is 141 Å². The van der Waals surface area contributed by atoms with Gasteiger partial charge in [0.1, 0.15) is 11.6 Å². The maximum Gasteiger partial charge on any atom is 0.118 e. The average Bonchev–Trinajstić information content (AvgIpc) is 2.91. The van der Waals surface area contributed by atoms with E-state index in [9.17, 15) is 5.11 Å².